The molecule has 1 fully saturated rings. The molecule has 118 valence electrons. The van der Waals surface area contributed by atoms with Gasteiger partial charge in [-0.2, -0.15) is 5.10 Å². The predicted octanol–water partition coefficient (Wildman–Crippen LogP) is 1.92. The van der Waals surface area contributed by atoms with E-state index in [-0.39, 0.29) is 11.9 Å². The molecule has 22 heavy (non-hydrogen) atoms. The van der Waals surface area contributed by atoms with E-state index in [1.807, 2.05) is 20.0 Å². The summed E-state index contributed by atoms with van der Waals surface area (Å²) in [6, 6.07) is 1.69. The first-order valence-corrected chi connectivity index (χ1v) is 8.19. The molecule has 2 aromatic heterocycles. The number of aryl methyl sites for hydroxylation is 2. The third-order valence-electron chi connectivity index (χ3n) is 3.69. The van der Waals surface area contributed by atoms with E-state index in [0.717, 1.165) is 22.9 Å². The second-order valence-electron chi connectivity index (χ2n) is 5.84. The largest absolute Gasteiger partial charge is 0.348 e. The Morgan fingerprint density at radius 3 is 2.77 bits per heavy atom. The van der Waals surface area contributed by atoms with Crippen LogP contribution in [0, 0.1) is 6.92 Å². The number of carbonyl (C=O) groups excluding carboxylic acids is 1. The zero-order valence-corrected chi connectivity index (χ0v) is 14.0. The number of nitrogens with one attached hydrogen (secondary N) is 1. The lowest BCUT2D eigenvalue weighted by Gasteiger charge is -2.16. The molecule has 2 aromatic rings. The Morgan fingerprint density at radius 1 is 1.41 bits per heavy atom. The van der Waals surface area contributed by atoms with Crippen LogP contribution in [0.3, 0.4) is 0 Å². The van der Waals surface area contributed by atoms with Gasteiger partial charge >= 0.3 is 0 Å². The van der Waals surface area contributed by atoms with Gasteiger partial charge in [0.05, 0.1) is 5.69 Å². The maximum Gasteiger partial charge on any atom is 0.250 e. The van der Waals surface area contributed by atoms with E-state index in [0.29, 0.717) is 17.6 Å². The number of aromatic nitrogens is 4. The molecule has 0 unspecified atom stereocenters. The summed E-state index contributed by atoms with van der Waals surface area (Å²) in [6.45, 7) is 6.77. The van der Waals surface area contributed by atoms with Gasteiger partial charge in [-0.05, 0) is 13.3 Å². The number of hydrogen-bond acceptors (Lipinski definition) is 6. The van der Waals surface area contributed by atoms with Gasteiger partial charge in [-0.3, -0.25) is 14.4 Å². The smallest absolute Gasteiger partial charge is 0.250 e. The van der Waals surface area contributed by atoms with Gasteiger partial charge < -0.3 is 5.32 Å². The Morgan fingerprint density at radius 2 is 2.18 bits per heavy atom. The molecular weight excluding hydrogens is 300 g/mol. The maximum atomic E-state index is 12.6. The van der Waals surface area contributed by atoms with Gasteiger partial charge in [0.1, 0.15) is 16.9 Å². The summed E-state index contributed by atoms with van der Waals surface area (Å²) in [7, 11) is 1.86. The number of hydrogen-bond donors (Lipinski definition) is 1. The second kappa shape index (κ2) is 5.68. The Balaban J connectivity index is 1.72. The molecule has 0 radical (unpaired) electrons. The van der Waals surface area contributed by atoms with E-state index in [1.165, 1.54) is 11.3 Å². The van der Waals surface area contributed by atoms with Crippen molar-refractivity contribution in [1.82, 2.24) is 20.0 Å². The third-order valence-corrected chi connectivity index (χ3v) is 4.85. The molecule has 7 nitrogen and oxygen atoms in total. The van der Waals surface area contributed by atoms with Crippen LogP contribution in [0.4, 0.5) is 10.9 Å². The summed E-state index contributed by atoms with van der Waals surface area (Å²) in [5.41, 5.74) is 0.910. The van der Waals surface area contributed by atoms with Crippen LogP contribution < -0.4 is 10.2 Å². The lowest BCUT2D eigenvalue weighted by molar-refractivity contribution is -0.117. The van der Waals surface area contributed by atoms with Gasteiger partial charge in [0.25, 0.3) is 5.91 Å². The lowest BCUT2D eigenvalue weighted by Crippen LogP contribution is -2.34. The molecule has 1 aliphatic heterocycles. The standard InChI is InChI=1S/C14H20N6OS/c1-8(2)12-16-17-14(22-12)15-10-5-6-20(13(10)21)11-7-9(3)18-19(11)4/h7-8,10H,5-6H2,1-4H3,(H,15,17)/t10-/m1/s1. The van der Waals surface area contributed by atoms with Crippen LogP contribution in [0.15, 0.2) is 6.07 Å². The van der Waals surface area contributed by atoms with Crippen molar-refractivity contribution in [2.24, 2.45) is 7.05 Å². The molecule has 8 heteroatoms. The molecule has 0 aromatic carbocycles. The fraction of sp³-hybridized carbons (Fsp3) is 0.571. The number of anilines is 2. The van der Waals surface area contributed by atoms with Gasteiger partial charge in [0.15, 0.2) is 0 Å². The van der Waals surface area contributed by atoms with Crippen molar-refractivity contribution in [2.75, 3.05) is 16.8 Å². The average molecular weight is 320 g/mol. The van der Waals surface area contributed by atoms with E-state index < -0.39 is 0 Å². The summed E-state index contributed by atoms with van der Waals surface area (Å²) in [6.07, 6.45) is 0.750. The Hall–Kier alpha value is -1.96. The first kappa shape index (κ1) is 15.0. The van der Waals surface area contributed by atoms with E-state index >= 15 is 0 Å². The van der Waals surface area contributed by atoms with Gasteiger partial charge in [-0.15, -0.1) is 10.2 Å². The minimum Gasteiger partial charge on any atom is -0.348 e. The quantitative estimate of drug-likeness (QED) is 0.931. The van der Waals surface area contributed by atoms with E-state index in [9.17, 15) is 4.79 Å². The summed E-state index contributed by atoms with van der Waals surface area (Å²) in [5, 5.41) is 17.5. The van der Waals surface area contributed by atoms with Gasteiger partial charge in [0, 0.05) is 25.6 Å². The lowest BCUT2D eigenvalue weighted by atomic mass is 10.2. The zero-order chi connectivity index (χ0) is 15.9. The molecule has 0 aliphatic carbocycles. The molecule has 3 rings (SSSR count). The van der Waals surface area contributed by atoms with Crippen molar-refractivity contribution in [3.63, 3.8) is 0 Å². The van der Waals surface area contributed by atoms with Crippen molar-refractivity contribution in [2.45, 2.75) is 39.2 Å². The SMILES string of the molecule is Cc1cc(N2CC[C@@H](Nc3nnc(C(C)C)s3)C2=O)n(C)n1. The Kier molecular flexibility index (Phi) is 3.86. The van der Waals surface area contributed by atoms with Crippen molar-refractivity contribution in [3.05, 3.63) is 16.8 Å². The summed E-state index contributed by atoms with van der Waals surface area (Å²) < 4.78 is 1.75. The van der Waals surface area contributed by atoms with Crippen LogP contribution in [0.25, 0.3) is 0 Å². The number of rotatable bonds is 4. The van der Waals surface area contributed by atoms with E-state index in [4.69, 9.17) is 0 Å². The summed E-state index contributed by atoms with van der Waals surface area (Å²) in [4.78, 5) is 14.4. The minimum atomic E-state index is -0.247. The third kappa shape index (κ3) is 2.70. The Labute approximate surface area is 133 Å². The first-order chi connectivity index (χ1) is 10.5. The van der Waals surface area contributed by atoms with Crippen LogP contribution in [-0.2, 0) is 11.8 Å². The Bertz CT molecular complexity index is 691. The predicted molar refractivity (Wildman–Crippen MR) is 86.3 cm³/mol. The highest BCUT2D eigenvalue weighted by Crippen LogP contribution is 2.27. The van der Waals surface area contributed by atoms with Crippen LogP contribution in [0.5, 0.6) is 0 Å². The van der Waals surface area contributed by atoms with Gasteiger partial charge in [0.2, 0.25) is 5.13 Å². The van der Waals surface area contributed by atoms with Crippen molar-refractivity contribution < 1.29 is 4.79 Å². The normalized spacial score (nSPS) is 18.5. The summed E-state index contributed by atoms with van der Waals surface area (Å²) >= 11 is 1.51. The van der Waals surface area contributed by atoms with Crippen LogP contribution in [0.2, 0.25) is 0 Å². The summed E-state index contributed by atoms with van der Waals surface area (Å²) in [5.74, 6) is 1.25. The molecule has 1 amide bonds. The molecule has 1 saturated heterocycles. The molecule has 0 bridgehead atoms. The number of carbonyl (C=O) groups is 1. The molecule has 3 heterocycles. The van der Waals surface area contributed by atoms with Crippen LogP contribution in [0.1, 0.15) is 36.9 Å². The monoisotopic (exact) mass is 320 g/mol. The topological polar surface area (TPSA) is 75.9 Å². The maximum absolute atomic E-state index is 12.6. The second-order valence-corrected chi connectivity index (χ2v) is 6.85. The molecule has 1 aliphatic rings. The fourth-order valence-electron chi connectivity index (χ4n) is 2.57. The average Bonchev–Trinajstić information content (AvgIpc) is 3.12. The van der Waals surface area contributed by atoms with Crippen molar-refractivity contribution in [3.8, 4) is 0 Å². The molecule has 1 N–H and O–H groups in total. The van der Waals surface area contributed by atoms with Gasteiger partial charge in [-0.1, -0.05) is 25.2 Å². The highest BCUT2D eigenvalue weighted by atomic mass is 32.1. The molecule has 0 saturated carbocycles. The zero-order valence-electron chi connectivity index (χ0n) is 13.2. The number of amides is 1. The van der Waals surface area contributed by atoms with Crippen LogP contribution in [-0.4, -0.2) is 38.5 Å². The van der Waals surface area contributed by atoms with Crippen molar-refractivity contribution >= 4 is 28.2 Å². The highest BCUT2D eigenvalue weighted by molar-refractivity contribution is 7.15. The van der Waals surface area contributed by atoms with Crippen molar-refractivity contribution in [1.29, 1.82) is 0 Å². The fourth-order valence-corrected chi connectivity index (χ4v) is 3.36. The van der Waals surface area contributed by atoms with Crippen LogP contribution >= 0.6 is 11.3 Å². The highest BCUT2D eigenvalue weighted by Gasteiger charge is 2.34. The first-order valence-electron chi connectivity index (χ1n) is 7.37. The number of nitrogens with zero attached hydrogens (tertiary/aromatic N) is 5. The molecule has 0 spiro atoms. The minimum absolute atomic E-state index is 0.0595. The van der Waals surface area contributed by atoms with Gasteiger partial charge in [-0.25, -0.2) is 0 Å². The van der Waals surface area contributed by atoms with E-state index in [2.05, 4.69) is 34.5 Å². The molecular formula is C14H20N6OS. The molecule has 1 atom stereocenters. The van der Waals surface area contributed by atoms with E-state index in [1.54, 1.807) is 9.58 Å².